The van der Waals surface area contributed by atoms with Gasteiger partial charge in [-0.3, -0.25) is 0 Å². The van der Waals surface area contributed by atoms with Crippen molar-refractivity contribution >= 4 is 45.1 Å². The van der Waals surface area contributed by atoms with Crippen LogP contribution < -0.4 is 10.6 Å². The van der Waals surface area contributed by atoms with Crippen molar-refractivity contribution < 1.29 is 22.0 Å². The van der Waals surface area contributed by atoms with Crippen molar-refractivity contribution in [3.63, 3.8) is 0 Å². The standard InChI is InChI=1S/C29H32ClF2N3O3S2/c1-3-35(4-2)40(37,38)24-13-15-28(39-23-11-9-21(30)10-12-23)27(18-24)34-29(36)33-22-7-5-6-19(16-22)20-8-14-25(31)26(32)17-20/h8-15,17-19,22H,3-7,16H2,1-2H3,(H2,33,34,36). The van der Waals surface area contributed by atoms with Gasteiger partial charge in [0.1, 0.15) is 0 Å². The Morgan fingerprint density at radius 1 is 1.00 bits per heavy atom. The summed E-state index contributed by atoms with van der Waals surface area (Å²) in [6.07, 6.45) is 2.97. The topological polar surface area (TPSA) is 78.5 Å². The molecule has 2 unspecified atom stereocenters. The second-order valence-corrected chi connectivity index (χ2v) is 13.1. The van der Waals surface area contributed by atoms with Gasteiger partial charge in [0.15, 0.2) is 11.6 Å². The molecule has 1 aliphatic rings. The Hall–Kier alpha value is -2.66. The molecule has 1 saturated carbocycles. The molecule has 0 radical (unpaired) electrons. The molecular weight excluding hydrogens is 576 g/mol. The van der Waals surface area contributed by atoms with Gasteiger partial charge in [-0.2, -0.15) is 4.31 Å². The molecule has 0 aromatic heterocycles. The fourth-order valence-corrected chi connectivity index (χ4v) is 7.43. The molecule has 6 nitrogen and oxygen atoms in total. The predicted molar refractivity (Wildman–Crippen MR) is 156 cm³/mol. The number of amides is 2. The Kier molecular flexibility index (Phi) is 10.1. The third-order valence-electron chi connectivity index (χ3n) is 7.01. The molecule has 0 heterocycles. The molecule has 4 rings (SSSR count). The minimum Gasteiger partial charge on any atom is -0.335 e. The fraction of sp³-hybridized carbons (Fsp3) is 0.345. The minimum absolute atomic E-state index is 0.00675. The number of carbonyl (C=O) groups is 1. The van der Waals surface area contributed by atoms with Crippen molar-refractivity contribution in [2.75, 3.05) is 18.4 Å². The SMILES string of the molecule is CCN(CC)S(=O)(=O)c1ccc(Sc2ccc(Cl)cc2)c(NC(=O)NC2CCCC(c3ccc(F)c(F)c3)C2)c1. The van der Waals surface area contributed by atoms with E-state index in [1.807, 2.05) is 12.1 Å². The Balaban J connectivity index is 1.54. The van der Waals surface area contributed by atoms with Gasteiger partial charge in [-0.05, 0) is 85.3 Å². The largest absolute Gasteiger partial charge is 0.335 e. The first-order chi connectivity index (χ1) is 19.1. The lowest BCUT2D eigenvalue weighted by atomic mass is 9.81. The quantitative estimate of drug-likeness (QED) is 0.262. The maximum absolute atomic E-state index is 13.8. The highest BCUT2D eigenvalue weighted by Crippen LogP contribution is 2.37. The molecule has 1 aliphatic carbocycles. The van der Waals surface area contributed by atoms with Crippen LogP contribution in [0.2, 0.25) is 5.02 Å². The van der Waals surface area contributed by atoms with E-state index in [-0.39, 0.29) is 16.9 Å². The molecule has 40 heavy (non-hydrogen) atoms. The van der Waals surface area contributed by atoms with Gasteiger partial charge in [0.05, 0.1) is 10.6 Å². The molecular formula is C29H32ClF2N3O3S2. The monoisotopic (exact) mass is 607 g/mol. The minimum atomic E-state index is -3.75. The van der Waals surface area contributed by atoms with Crippen LogP contribution in [0, 0.1) is 11.6 Å². The average Bonchev–Trinajstić information content (AvgIpc) is 2.93. The smallest absolute Gasteiger partial charge is 0.319 e. The highest BCUT2D eigenvalue weighted by Gasteiger charge is 2.27. The zero-order chi connectivity index (χ0) is 28.9. The molecule has 0 saturated heterocycles. The summed E-state index contributed by atoms with van der Waals surface area (Å²) >= 11 is 7.39. The zero-order valence-electron chi connectivity index (χ0n) is 22.3. The second-order valence-electron chi connectivity index (χ2n) is 9.64. The molecule has 0 aliphatic heterocycles. The molecule has 2 amide bonds. The molecule has 3 aromatic rings. The van der Waals surface area contributed by atoms with Crippen LogP contribution in [0.15, 0.2) is 75.4 Å². The number of benzene rings is 3. The van der Waals surface area contributed by atoms with E-state index in [4.69, 9.17) is 11.6 Å². The lowest BCUT2D eigenvalue weighted by Crippen LogP contribution is -2.40. The first kappa shape index (κ1) is 30.3. The van der Waals surface area contributed by atoms with E-state index < -0.39 is 27.7 Å². The van der Waals surface area contributed by atoms with Crippen LogP contribution >= 0.6 is 23.4 Å². The third-order valence-corrected chi connectivity index (χ3v) is 10.4. The van der Waals surface area contributed by atoms with Crippen LogP contribution in [0.5, 0.6) is 0 Å². The van der Waals surface area contributed by atoms with Gasteiger partial charge in [0, 0.05) is 33.9 Å². The summed E-state index contributed by atoms with van der Waals surface area (Å²) in [5.41, 5.74) is 1.07. The van der Waals surface area contributed by atoms with Crippen LogP contribution in [0.4, 0.5) is 19.3 Å². The van der Waals surface area contributed by atoms with Gasteiger partial charge in [-0.25, -0.2) is 22.0 Å². The van der Waals surface area contributed by atoms with Gasteiger partial charge in [-0.1, -0.05) is 49.7 Å². The Bertz CT molecular complexity index is 1450. The van der Waals surface area contributed by atoms with Crippen LogP contribution in [0.1, 0.15) is 51.0 Å². The summed E-state index contributed by atoms with van der Waals surface area (Å²) < 4.78 is 55.0. The highest BCUT2D eigenvalue weighted by molar-refractivity contribution is 7.99. The van der Waals surface area contributed by atoms with Gasteiger partial charge >= 0.3 is 6.03 Å². The van der Waals surface area contributed by atoms with Crippen molar-refractivity contribution in [2.24, 2.45) is 0 Å². The van der Waals surface area contributed by atoms with E-state index >= 15 is 0 Å². The lowest BCUT2D eigenvalue weighted by molar-refractivity contribution is 0.242. The van der Waals surface area contributed by atoms with Crippen LogP contribution in [-0.4, -0.2) is 37.9 Å². The average molecular weight is 608 g/mol. The molecule has 11 heteroatoms. The number of hydrogen-bond acceptors (Lipinski definition) is 4. The number of hydrogen-bond donors (Lipinski definition) is 2. The highest BCUT2D eigenvalue weighted by atomic mass is 35.5. The van der Waals surface area contributed by atoms with E-state index in [0.29, 0.717) is 40.7 Å². The molecule has 2 N–H and O–H groups in total. The predicted octanol–water partition coefficient (Wildman–Crippen LogP) is 7.65. The summed E-state index contributed by atoms with van der Waals surface area (Å²) in [5.74, 6) is -1.77. The van der Waals surface area contributed by atoms with E-state index in [9.17, 15) is 22.0 Å². The van der Waals surface area contributed by atoms with E-state index in [2.05, 4.69) is 10.6 Å². The zero-order valence-corrected chi connectivity index (χ0v) is 24.7. The lowest BCUT2D eigenvalue weighted by Gasteiger charge is -2.30. The second kappa shape index (κ2) is 13.3. The number of carbonyl (C=O) groups excluding carboxylic acids is 1. The van der Waals surface area contributed by atoms with Gasteiger partial charge < -0.3 is 10.6 Å². The van der Waals surface area contributed by atoms with Crippen molar-refractivity contribution in [3.05, 3.63) is 82.9 Å². The first-order valence-electron chi connectivity index (χ1n) is 13.2. The number of nitrogens with one attached hydrogen (secondary N) is 2. The van der Waals surface area contributed by atoms with Crippen LogP contribution in [-0.2, 0) is 10.0 Å². The van der Waals surface area contributed by atoms with Crippen molar-refractivity contribution in [3.8, 4) is 0 Å². The normalized spacial score (nSPS) is 17.6. The molecule has 3 aromatic carbocycles. The first-order valence-corrected chi connectivity index (χ1v) is 15.8. The Morgan fingerprint density at radius 3 is 2.40 bits per heavy atom. The number of urea groups is 1. The van der Waals surface area contributed by atoms with E-state index in [0.717, 1.165) is 30.2 Å². The summed E-state index contributed by atoms with van der Waals surface area (Å²) in [4.78, 5) is 14.8. The number of rotatable bonds is 9. The molecule has 0 spiro atoms. The Labute approximate surface area is 243 Å². The van der Waals surface area contributed by atoms with Crippen LogP contribution in [0.3, 0.4) is 0 Å². The fourth-order valence-electron chi connectivity index (χ4n) is 4.93. The number of halogens is 3. The summed E-state index contributed by atoms with van der Waals surface area (Å²) in [5, 5.41) is 6.44. The number of sulfonamides is 1. The van der Waals surface area contributed by atoms with E-state index in [1.165, 1.54) is 28.2 Å². The molecule has 2 atom stereocenters. The summed E-state index contributed by atoms with van der Waals surface area (Å²) in [6.45, 7) is 4.20. The summed E-state index contributed by atoms with van der Waals surface area (Å²) in [6, 6.07) is 15.2. The van der Waals surface area contributed by atoms with Gasteiger partial charge in [-0.15, -0.1) is 0 Å². The van der Waals surface area contributed by atoms with Crippen molar-refractivity contribution in [1.29, 1.82) is 0 Å². The van der Waals surface area contributed by atoms with Crippen molar-refractivity contribution in [1.82, 2.24) is 9.62 Å². The van der Waals surface area contributed by atoms with Crippen molar-refractivity contribution in [2.45, 2.75) is 66.2 Å². The Morgan fingerprint density at radius 2 is 1.73 bits per heavy atom. The summed E-state index contributed by atoms with van der Waals surface area (Å²) in [7, 11) is -3.75. The molecule has 214 valence electrons. The number of nitrogens with zero attached hydrogens (tertiary/aromatic N) is 1. The molecule has 1 fully saturated rings. The van der Waals surface area contributed by atoms with E-state index in [1.54, 1.807) is 44.2 Å². The van der Waals surface area contributed by atoms with Gasteiger partial charge in [0.25, 0.3) is 0 Å². The van der Waals surface area contributed by atoms with Crippen LogP contribution in [0.25, 0.3) is 0 Å². The number of anilines is 1. The van der Waals surface area contributed by atoms with Gasteiger partial charge in [0.2, 0.25) is 10.0 Å². The maximum atomic E-state index is 13.8. The third kappa shape index (κ3) is 7.34. The maximum Gasteiger partial charge on any atom is 0.319 e. The molecule has 0 bridgehead atoms.